The lowest BCUT2D eigenvalue weighted by molar-refractivity contribution is 0.106. The van der Waals surface area contributed by atoms with Crippen molar-refractivity contribution in [3.63, 3.8) is 0 Å². The van der Waals surface area contributed by atoms with Crippen molar-refractivity contribution >= 4 is 15.9 Å². The van der Waals surface area contributed by atoms with E-state index in [4.69, 9.17) is 9.47 Å². The monoisotopic (exact) mass is 509 g/mol. The number of nitrogens with one attached hydrogen (secondary N) is 1. The Hall–Kier alpha value is -3.01. The van der Waals surface area contributed by atoms with Gasteiger partial charge in [-0.3, -0.25) is 0 Å². The molecule has 0 saturated carbocycles. The van der Waals surface area contributed by atoms with E-state index in [9.17, 15) is 19.5 Å². The summed E-state index contributed by atoms with van der Waals surface area (Å²) in [5.41, 5.74) is 6.15. The van der Waals surface area contributed by atoms with Crippen molar-refractivity contribution in [1.29, 1.82) is 0 Å². The van der Waals surface area contributed by atoms with Crippen LogP contribution >= 0.6 is 0 Å². The van der Waals surface area contributed by atoms with E-state index in [1.807, 2.05) is 62.4 Å². The van der Waals surface area contributed by atoms with Crippen LogP contribution in [0.15, 0.2) is 66.7 Å². The molecule has 2 unspecified atom stereocenters. The third-order valence-electron chi connectivity index (χ3n) is 6.01. The van der Waals surface area contributed by atoms with Gasteiger partial charge in [-0.05, 0) is 83.6 Å². The van der Waals surface area contributed by atoms with E-state index >= 15 is 0 Å². The summed E-state index contributed by atoms with van der Waals surface area (Å²) in [6.07, 6.45) is 0.645. The second kappa shape index (κ2) is 11.8. The topological polar surface area (TPSA) is 108 Å². The van der Waals surface area contributed by atoms with Crippen molar-refractivity contribution in [2.24, 2.45) is 5.92 Å². The molecule has 0 aliphatic carbocycles. The largest absolute Gasteiger partial charge is 0.493 e. The van der Waals surface area contributed by atoms with Gasteiger partial charge in [0.2, 0.25) is 0 Å². The van der Waals surface area contributed by atoms with E-state index in [0.29, 0.717) is 23.0 Å². The van der Waals surface area contributed by atoms with Gasteiger partial charge in [-0.2, -0.15) is 0 Å². The molecule has 8 heteroatoms. The van der Waals surface area contributed by atoms with Crippen molar-refractivity contribution in [1.82, 2.24) is 4.72 Å². The van der Waals surface area contributed by atoms with Crippen LogP contribution in [0.2, 0.25) is 0 Å². The van der Waals surface area contributed by atoms with Crippen LogP contribution in [0.1, 0.15) is 22.3 Å². The third-order valence-corrected chi connectivity index (χ3v) is 7.23. The number of hydrogen-bond acceptors (Lipinski definition) is 6. The van der Waals surface area contributed by atoms with Crippen molar-refractivity contribution in [2.75, 3.05) is 19.8 Å². The van der Waals surface area contributed by atoms with E-state index in [2.05, 4.69) is 16.9 Å². The molecule has 1 aliphatic rings. The van der Waals surface area contributed by atoms with E-state index in [-0.39, 0.29) is 25.7 Å². The Morgan fingerprint density at radius 2 is 1.61 bits per heavy atom. The summed E-state index contributed by atoms with van der Waals surface area (Å²) in [5, 5.41) is 28.1. The summed E-state index contributed by atoms with van der Waals surface area (Å²) in [4.78, 5) is 0.561. The van der Waals surface area contributed by atoms with E-state index in [1.54, 1.807) is 6.08 Å². The van der Waals surface area contributed by atoms with E-state index in [0.717, 1.165) is 33.4 Å². The van der Waals surface area contributed by atoms with Gasteiger partial charge in [0.1, 0.15) is 35.3 Å². The molecule has 0 saturated heterocycles. The maximum atomic E-state index is 12.0. The van der Waals surface area contributed by atoms with Gasteiger partial charge in [0.05, 0.1) is 24.7 Å². The number of hydrogen-bond donors (Lipinski definition) is 4. The van der Waals surface area contributed by atoms with Gasteiger partial charge in [-0.1, -0.05) is 30.3 Å². The molecule has 4 N–H and O–H groups in total. The zero-order valence-electron chi connectivity index (χ0n) is 20.3. The highest BCUT2D eigenvalue weighted by Gasteiger charge is 2.21. The molecule has 0 spiro atoms. The minimum Gasteiger partial charge on any atom is -0.493 e. The van der Waals surface area contributed by atoms with Crippen molar-refractivity contribution in [2.45, 2.75) is 26.7 Å². The van der Waals surface area contributed by atoms with Gasteiger partial charge in [-0.25, -0.2) is 8.93 Å². The average molecular weight is 510 g/mol. The molecule has 36 heavy (non-hydrogen) atoms. The molecule has 0 bridgehead atoms. The van der Waals surface area contributed by atoms with Crippen LogP contribution in [-0.2, 0) is 17.6 Å². The molecule has 1 aliphatic heterocycles. The standard InChI is InChI=1S/C28H31NO6S/c1-18-10-25(35-17-21(14-30)15-31)11-19(2)28(18)23-5-3-4-20(12-23)16-34-24-8-6-22(7-9-24)26-13-27(32)29-36(26)33/h3-13,21,27,29-32H,14-17H2,1-2H3. The minimum absolute atomic E-state index is 0.119. The Labute approximate surface area is 213 Å². The highest BCUT2D eigenvalue weighted by molar-refractivity contribution is 7.93. The number of aliphatic hydroxyl groups excluding tert-OH is 3. The Bertz CT molecular complexity index is 1230. The Balaban J connectivity index is 1.43. The predicted octanol–water partition coefficient (Wildman–Crippen LogP) is 3.46. The quantitative estimate of drug-likeness (QED) is 0.333. The lowest BCUT2D eigenvalue weighted by Gasteiger charge is -2.17. The molecule has 7 nitrogen and oxygen atoms in total. The lowest BCUT2D eigenvalue weighted by Crippen LogP contribution is -2.21. The average Bonchev–Trinajstić information content (AvgIpc) is 3.21. The van der Waals surface area contributed by atoms with Gasteiger partial charge in [0.25, 0.3) is 0 Å². The molecule has 0 aromatic heterocycles. The van der Waals surface area contributed by atoms with Gasteiger partial charge in [-0.15, -0.1) is 0 Å². The van der Waals surface area contributed by atoms with Gasteiger partial charge in [0, 0.05) is 5.92 Å². The first-order valence-electron chi connectivity index (χ1n) is 11.7. The molecule has 2 atom stereocenters. The van der Waals surface area contributed by atoms with Gasteiger partial charge < -0.3 is 24.8 Å². The van der Waals surface area contributed by atoms with Crippen LogP contribution in [0, 0.1) is 19.8 Å². The zero-order valence-corrected chi connectivity index (χ0v) is 21.1. The SMILES string of the molecule is Cc1cc(OCC(CO)CO)cc(C)c1-c1cccc(COc2ccc(C3=CC(O)NS3=O)cc2)c1. The van der Waals surface area contributed by atoms with Gasteiger partial charge in [0.15, 0.2) is 0 Å². The Morgan fingerprint density at radius 1 is 0.917 bits per heavy atom. The van der Waals surface area contributed by atoms with Crippen molar-refractivity contribution < 1.29 is 29.0 Å². The highest BCUT2D eigenvalue weighted by atomic mass is 32.2. The molecule has 0 fully saturated rings. The predicted molar refractivity (Wildman–Crippen MR) is 141 cm³/mol. The summed E-state index contributed by atoms with van der Waals surface area (Å²) in [6.45, 7) is 4.49. The number of rotatable bonds is 10. The van der Waals surface area contributed by atoms with Crippen LogP contribution in [0.3, 0.4) is 0 Å². The summed E-state index contributed by atoms with van der Waals surface area (Å²) in [6, 6.07) is 19.5. The number of benzene rings is 3. The molecule has 190 valence electrons. The van der Waals surface area contributed by atoms with E-state index in [1.165, 1.54) is 0 Å². The fourth-order valence-electron chi connectivity index (χ4n) is 4.15. The van der Waals surface area contributed by atoms with Crippen LogP contribution < -0.4 is 14.2 Å². The van der Waals surface area contributed by atoms with Crippen LogP contribution in [-0.4, -0.2) is 45.6 Å². The highest BCUT2D eigenvalue weighted by Crippen LogP contribution is 2.32. The summed E-state index contributed by atoms with van der Waals surface area (Å²) < 4.78 is 26.3. The molecule has 4 rings (SSSR count). The Kier molecular flexibility index (Phi) is 8.56. The van der Waals surface area contributed by atoms with Crippen LogP contribution in [0.5, 0.6) is 11.5 Å². The molecule has 1 heterocycles. The van der Waals surface area contributed by atoms with Crippen molar-refractivity contribution in [3.8, 4) is 22.6 Å². The smallest absolute Gasteiger partial charge is 0.136 e. The number of ether oxygens (including phenoxy) is 2. The second-order valence-electron chi connectivity index (χ2n) is 8.85. The molecule has 3 aromatic rings. The van der Waals surface area contributed by atoms with E-state index < -0.39 is 17.2 Å². The maximum absolute atomic E-state index is 12.0. The van der Waals surface area contributed by atoms with Gasteiger partial charge >= 0.3 is 0 Å². The molecular weight excluding hydrogens is 478 g/mol. The molecule has 0 amide bonds. The normalized spacial score (nSPS) is 17.3. The lowest BCUT2D eigenvalue weighted by atomic mass is 9.94. The molecular formula is C28H31NO6S. The second-order valence-corrected chi connectivity index (χ2v) is 10.1. The zero-order chi connectivity index (χ0) is 25.7. The summed E-state index contributed by atoms with van der Waals surface area (Å²) in [5.74, 6) is 1.11. The third kappa shape index (κ3) is 6.21. The fourth-order valence-corrected chi connectivity index (χ4v) is 5.17. The number of aryl methyl sites for hydroxylation is 2. The van der Waals surface area contributed by atoms with Crippen LogP contribution in [0.4, 0.5) is 0 Å². The maximum Gasteiger partial charge on any atom is 0.136 e. The first kappa shape index (κ1) is 26.1. The molecule has 3 aromatic carbocycles. The van der Waals surface area contributed by atoms with Crippen molar-refractivity contribution in [3.05, 3.63) is 89.0 Å². The first-order chi connectivity index (χ1) is 17.4. The summed E-state index contributed by atoms with van der Waals surface area (Å²) >= 11 is 0. The van der Waals surface area contributed by atoms with Crippen LogP contribution in [0.25, 0.3) is 16.0 Å². The fraction of sp³-hybridized carbons (Fsp3) is 0.286. The Morgan fingerprint density at radius 3 is 2.22 bits per heavy atom. The number of aliphatic hydroxyl groups is 3. The minimum atomic E-state index is -1.42. The summed E-state index contributed by atoms with van der Waals surface area (Å²) in [7, 11) is -1.42. The first-order valence-corrected chi connectivity index (χ1v) is 12.9. The molecule has 0 radical (unpaired) electrons.